The highest BCUT2D eigenvalue weighted by Crippen LogP contribution is 2.32. The van der Waals surface area contributed by atoms with Gasteiger partial charge in [-0.05, 0) is 48.8 Å². The van der Waals surface area contributed by atoms with Gasteiger partial charge >= 0.3 is 5.97 Å². The zero-order chi connectivity index (χ0) is 23.2. The van der Waals surface area contributed by atoms with E-state index in [1.54, 1.807) is 14.2 Å². The number of ether oxygens (including phenoxy) is 4. The zero-order valence-electron chi connectivity index (χ0n) is 20.3. The fourth-order valence-corrected chi connectivity index (χ4v) is 3.59. The first kappa shape index (κ1) is 27.2. The molecular formula is C25H43NO5. The van der Waals surface area contributed by atoms with Crippen LogP contribution >= 0.6 is 0 Å². The van der Waals surface area contributed by atoms with Crippen molar-refractivity contribution in [3.63, 3.8) is 0 Å². The molecular weight excluding hydrogens is 394 g/mol. The highest BCUT2D eigenvalue weighted by Gasteiger charge is 2.31. The average Bonchev–Trinajstić information content (AvgIpc) is 3.18. The first-order valence-electron chi connectivity index (χ1n) is 11.6. The number of carbonyl (C=O) groups is 1. The maximum absolute atomic E-state index is 11.4. The first-order chi connectivity index (χ1) is 14.9. The van der Waals surface area contributed by atoms with E-state index in [4.69, 9.17) is 24.7 Å². The number of carbonyl (C=O) groups excluding carboxylic acids is 1. The summed E-state index contributed by atoms with van der Waals surface area (Å²) in [7, 11) is 3.33. The summed E-state index contributed by atoms with van der Waals surface area (Å²) in [5.41, 5.74) is 7.56. The van der Waals surface area contributed by atoms with Crippen LogP contribution in [0.3, 0.4) is 0 Å². The summed E-state index contributed by atoms with van der Waals surface area (Å²) < 4.78 is 21.8. The molecule has 1 fully saturated rings. The lowest BCUT2D eigenvalue weighted by atomic mass is 9.83. The molecule has 1 heterocycles. The maximum atomic E-state index is 11.4. The Hall–Kier alpha value is -1.79. The molecule has 0 aliphatic carbocycles. The largest absolute Gasteiger partial charge is 0.493 e. The lowest BCUT2D eigenvalue weighted by Gasteiger charge is -2.27. The Labute approximate surface area is 188 Å². The van der Waals surface area contributed by atoms with Crippen molar-refractivity contribution in [2.24, 2.45) is 17.6 Å². The summed E-state index contributed by atoms with van der Waals surface area (Å²) in [6.07, 6.45) is 4.85. The Bertz CT molecular complexity index is 634. The van der Waals surface area contributed by atoms with Crippen LogP contribution in [-0.4, -0.2) is 45.5 Å². The van der Waals surface area contributed by atoms with Crippen molar-refractivity contribution in [3.8, 4) is 11.5 Å². The van der Waals surface area contributed by atoms with Crippen molar-refractivity contribution in [3.05, 3.63) is 23.8 Å². The molecule has 1 aliphatic rings. The van der Waals surface area contributed by atoms with Gasteiger partial charge in [0.1, 0.15) is 6.10 Å². The van der Waals surface area contributed by atoms with E-state index in [-0.39, 0.29) is 18.1 Å². The normalized spacial score (nSPS) is 17.5. The summed E-state index contributed by atoms with van der Waals surface area (Å²) in [5.74, 6) is 2.22. The SMILES string of the molecule is CCC.COCCCOc1cc(CC(CC(N)C2CCC(=O)O2)C(C)C)ccc1OC. The minimum atomic E-state index is -0.149. The van der Waals surface area contributed by atoms with Gasteiger partial charge in [0.2, 0.25) is 0 Å². The number of esters is 1. The molecule has 1 aromatic carbocycles. The van der Waals surface area contributed by atoms with E-state index in [0.29, 0.717) is 31.5 Å². The Morgan fingerprint density at radius 3 is 2.42 bits per heavy atom. The molecule has 0 saturated carbocycles. The van der Waals surface area contributed by atoms with Crippen LogP contribution in [0.2, 0.25) is 0 Å². The lowest BCUT2D eigenvalue weighted by molar-refractivity contribution is -0.142. The van der Waals surface area contributed by atoms with E-state index in [1.165, 1.54) is 12.0 Å². The highest BCUT2D eigenvalue weighted by molar-refractivity contribution is 5.71. The Morgan fingerprint density at radius 1 is 1.16 bits per heavy atom. The van der Waals surface area contributed by atoms with Gasteiger partial charge < -0.3 is 24.7 Å². The van der Waals surface area contributed by atoms with E-state index in [2.05, 4.69) is 39.8 Å². The molecule has 6 nitrogen and oxygen atoms in total. The minimum absolute atomic E-state index is 0.123. The van der Waals surface area contributed by atoms with Crippen LogP contribution in [0.4, 0.5) is 0 Å². The number of benzene rings is 1. The highest BCUT2D eigenvalue weighted by atomic mass is 16.6. The van der Waals surface area contributed by atoms with Crippen LogP contribution < -0.4 is 15.2 Å². The molecule has 1 aliphatic heterocycles. The van der Waals surface area contributed by atoms with Crippen molar-refractivity contribution in [1.82, 2.24) is 0 Å². The molecule has 0 aromatic heterocycles. The monoisotopic (exact) mass is 437 g/mol. The van der Waals surface area contributed by atoms with Crippen LogP contribution in [0.25, 0.3) is 0 Å². The third-order valence-corrected chi connectivity index (χ3v) is 5.39. The third-order valence-electron chi connectivity index (χ3n) is 5.39. The summed E-state index contributed by atoms with van der Waals surface area (Å²) in [6.45, 7) is 9.92. The molecule has 31 heavy (non-hydrogen) atoms. The number of hydrogen-bond acceptors (Lipinski definition) is 6. The van der Waals surface area contributed by atoms with Crippen molar-refractivity contribution < 1.29 is 23.7 Å². The molecule has 1 aromatic rings. The van der Waals surface area contributed by atoms with Gasteiger partial charge in [-0.3, -0.25) is 4.79 Å². The van der Waals surface area contributed by atoms with Crippen molar-refractivity contribution >= 4 is 5.97 Å². The van der Waals surface area contributed by atoms with Gasteiger partial charge in [0.25, 0.3) is 0 Å². The topological polar surface area (TPSA) is 80.0 Å². The van der Waals surface area contributed by atoms with Crippen LogP contribution in [0.15, 0.2) is 18.2 Å². The summed E-state index contributed by atoms with van der Waals surface area (Å²) in [4.78, 5) is 11.4. The summed E-state index contributed by atoms with van der Waals surface area (Å²) in [5, 5.41) is 0. The summed E-state index contributed by atoms with van der Waals surface area (Å²) >= 11 is 0. The molecule has 0 amide bonds. The minimum Gasteiger partial charge on any atom is -0.493 e. The number of nitrogens with two attached hydrogens (primary N) is 1. The van der Waals surface area contributed by atoms with Crippen molar-refractivity contribution in [1.29, 1.82) is 0 Å². The molecule has 2 N–H and O–H groups in total. The molecule has 3 atom stereocenters. The van der Waals surface area contributed by atoms with Crippen LogP contribution in [0.1, 0.15) is 65.4 Å². The van der Waals surface area contributed by atoms with Crippen molar-refractivity contribution in [2.75, 3.05) is 27.4 Å². The zero-order valence-corrected chi connectivity index (χ0v) is 20.3. The second-order valence-electron chi connectivity index (χ2n) is 8.56. The fraction of sp³-hybridized carbons (Fsp3) is 0.720. The molecule has 2 rings (SSSR count). The van der Waals surface area contributed by atoms with Gasteiger partial charge in [-0.1, -0.05) is 40.2 Å². The van der Waals surface area contributed by atoms with Gasteiger partial charge in [-0.15, -0.1) is 0 Å². The predicted octanol–water partition coefficient (Wildman–Crippen LogP) is 4.76. The number of methoxy groups -OCH3 is 2. The Morgan fingerprint density at radius 2 is 1.87 bits per heavy atom. The van der Waals surface area contributed by atoms with E-state index in [1.807, 2.05) is 6.07 Å². The fourth-order valence-electron chi connectivity index (χ4n) is 3.59. The number of hydrogen-bond donors (Lipinski definition) is 1. The Kier molecular flexibility index (Phi) is 13.3. The third kappa shape index (κ3) is 9.92. The lowest BCUT2D eigenvalue weighted by Crippen LogP contribution is -2.37. The standard InChI is InChI=1S/C22H35NO5.C3H8/c1-15(2)17(14-18(23)19-8-9-22(24)28-19)12-16-6-7-20(26-4)21(13-16)27-11-5-10-25-3;1-3-2/h6-7,13,15,17-19H,5,8-12,14,23H2,1-4H3;3H2,1-2H3. The molecule has 0 bridgehead atoms. The first-order valence-corrected chi connectivity index (χ1v) is 11.6. The van der Waals surface area contributed by atoms with E-state index in [9.17, 15) is 4.79 Å². The van der Waals surface area contributed by atoms with Gasteiger partial charge in [0, 0.05) is 32.6 Å². The predicted molar refractivity (Wildman–Crippen MR) is 125 cm³/mol. The maximum Gasteiger partial charge on any atom is 0.306 e. The van der Waals surface area contributed by atoms with E-state index >= 15 is 0 Å². The quantitative estimate of drug-likeness (QED) is 0.375. The van der Waals surface area contributed by atoms with Crippen molar-refractivity contribution in [2.45, 2.75) is 78.4 Å². The molecule has 6 heteroatoms. The van der Waals surface area contributed by atoms with Gasteiger partial charge in [0.05, 0.1) is 13.7 Å². The summed E-state index contributed by atoms with van der Waals surface area (Å²) in [6, 6.07) is 5.97. The molecule has 178 valence electrons. The van der Waals surface area contributed by atoms with Crippen LogP contribution in [0.5, 0.6) is 11.5 Å². The average molecular weight is 438 g/mol. The number of rotatable bonds is 12. The van der Waals surface area contributed by atoms with Crippen LogP contribution in [-0.2, 0) is 20.7 Å². The van der Waals surface area contributed by atoms with E-state index in [0.717, 1.165) is 37.2 Å². The molecule has 1 saturated heterocycles. The smallest absolute Gasteiger partial charge is 0.306 e. The second-order valence-corrected chi connectivity index (χ2v) is 8.56. The van der Waals surface area contributed by atoms with Gasteiger partial charge in [0.15, 0.2) is 11.5 Å². The van der Waals surface area contributed by atoms with Gasteiger partial charge in [-0.2, -0.15) is 0 Å². The Balaban J connectivity index is 0.00000151. The van der Waals surface area contributed by atoms with Crippen LogP contribution in [0, 0.1) is 11.8 Å². The molecule has 0 spiro atoms. The second kappa shape index (κ2) is 15.1. The number of cyclic esters (lactones) is 1. The van der Waals surface area contributed by atoms with E-state index < -0.39 is 0 Å². The molecule has 3 unspecified atom stereocenters. The van der Waals surface area contributed by atoms with Gasteiger partial charge in [-0.25, -0.2) is 0 Å². The molecule has 0 radical (unpaired) electrons.